The molecule has 1 fully saturated rings. The van der Waals surface area contributed by atoms with Gasteiger partial charge in [-0.3, -0.25) is 9.69 Å². The minimum atomic E-state index is -0.286. The summed E-state index contributed by atoms with van der Waals surface area (Å²) in [6.45, 7) is 11.9. The fraction of sp³-hybridized carbons (Fsp3) is 0.933. The first kappa shape index (κ1) is 15.6. The molecule has 1 aliphatic heterocycles. The Kier molecular flexibility index (Phi) is 6.30. The van der Waals surface area contributed by atoms with Crippen molar-refractivity contribution in [2.24, 2.45) is 5.92 Å². The van der Waals surface area contributed by atoms with Gasteiger partial charge < -0.3 is 4.74 Å². The maximum Gasteiger partial charge on any atom is 0.153 e. The van der Waals surface area contributed by atoms with Crippen LogP contribution in [0.1, 0.15) is 53.4 Å². The lowest BCUT2D eigenvalue weighted by atomic mass is 9.84. The van der Waals surface area contributed by atoms with Crippen molar-refractivity contribution in [2.45, 2.75) is 58.9 Å². The van der Waals surface area contributed by atoms with E-state index >= 15 is 0 Å². The number of ketones is 1. The molecular weight excluding hydrogens is 226 g/mol. The molecule has 18 heavy (non-hydrogen) atoms. The quantitative estimate of drug-likeness (QED) is 0.700. The van der Waals surface area contributed by atoms with Gasteiger partial charge in [-0.2, -0.15) is 0 Å². The lowest BCUT2D eigenvalue weighted by molar-refractivity contribution is -0.134. The molecule has 0 aromatic rings. The maximum atomic E-state index is 12.6. The zero-order valence-electron chi connectivity index (χ0n) is 12.5. The fourth-order valence-electron chi connectivity index (χ4n) is 2.79. The summed E-state index contributed by atoms with van der Waals surface area (Å²) in [7, 11) is 0. The number of hydrogen-bond donors (Lipinski definition) is 0. The number of carbonyl (C=O) groups excluding carboxylic acids is 1. The van der Waals surface area contributed by atoms with Crippen LogP contribution in [0.4, 0.5) is 0 Å². The standard InChI is InChI=1S/C15H29NO2/c1-5-7-13(3)12-14(17)15(4,6-2)16-8-10-18-11-9-16/h13H,5-12H2,1-4H3. The number of nitrogens with zero attached hydrogens (tertiary/aromatic N) is 1. The molecule has 1 aliphatic rings. The number of ether oxygens (including phenoxy) is 1. The van der Waals surface area contributed by atoms with Crippen molar-refractivity contribution in [1.82, 2.24) is 4.90 Å². The third-order valence-corrected chi connectivity index (χ3v) is 4.31. The minimum absolute atomic E-state index is 0.286. The number of carbonyl (C=O) groups is 1. The van der Waals surface area contributed by atoms with Crippen LogP contribution in [0.3, 0.4) is 0 Å². The zero-order valence-corrected chi connectivity index (χ0v) is 12.5. The molecule has 2 atom stereocenters. The van der Waals surface area contributed by atoms with Crippen molar-refractivity contribution in [3.05, 3.63) is 0 Å². The molecule has 0 spiro atoms. The highest BCUT2D eigenvalue weighted by atomic mass is 16.5. The third-order valence-electron chi connectivity index (χ3n) is 4.31. The molecule has 1 heterocycles. The average molecular weight is 255 g/mol. The molecule has 3 heteroatoms. The van der Waals surface area contributed by atoms with Gasteiger partial charge in [-0.1, -0.05) is 33.6 Å². The molecule has 0 aliphatic carbocycles. The summed E-state index contributed by atoms with van der Waals surface area (Å²) in [5.41, 5.74) is -0.286. The first-order chi connectivity index (χ1) is 8.54. The molecule has 0 radical (unpaired) electrons. The molecule has 0 saturated carbocycles. The van der Waals surface area contributed by atoms with Crippen LogP contribution < -0.4 is 0 Å². The molecule has 1 rings (SSSR count). The van der Waals surface area contributed by atoms with E-state index in [2.05, 4.69) is 32.6 Å². The Bertz CT molecular complexity index is 261. The monoisotopic (exact) mass is 255 g/mol. The minimum Gasteiger partial charge on any atom is -0.379 e. The predicted molar refractivity (Wildman–Crippen MR) is 74.8 cm³/mol. The molecule has 2 unspecified atom stereocenters. The van der Waals surface area contributed by atoms with E-state index in [-0.39, 0.29) is 5.54 Å². The van der Waals surface area contributed by atoms with E-state index in [0.717, 1.165) is 52.0 Å². The van der Waals surface area contributed by atoms with E-state index < -0.39 is 0 Å². The molecule has 106 valence electrons. The van der Waals surface area contributed by atoms with Crippen molar-refractivity contribution in [3.8, 4) is 0 Å². The average Bonchev–Trinajstić information content (AvgIpc) is 2.39. The second-order valence-corrected chi connectivity index (χ2v) is 5.75. The van der Waals surface area contributed by atoms with Crippen LogP contribution in [0.25, 0.3) is 0 Å². The van der Waals surface area contributed by atoms with E-state index in [1.54, 1.807) is 0 Å². The Hall–Kier alpha value is -0.410. The molecular formula is C15H29NO2. The number of morpholine rings is 1. The van der Waals surface area contributed by atoms with E-state index in [9.17, 15) is 4.79 Å². The smallest absolute Gasteiger partial charge is 0.153 e. The van der Waals surface area contributed by atoms with Gasteiger partial charge in [0.15, 0.2) is 5.78 Å². The molecule has 0 amide bonds. The van der Waals surface area contributed by atoms with Gasteiger partial charge in [0.25, 0.3) is 0 Å². The van der Waals surface area contributed by atoms with Gasteiger partial charge in [0.05, 0.1) is 18.8 Å². The Morgan fingerprint density at radius 1 is 1.33 bits per heavy atom. The van der Waals surface area contributed by atoms with Crippen LogP contribution in [0.5, 0.6) is 0 Å². The topological polar surface area (TPSA) is 29.5 Å². The van der Waals surface area contributed by atoms with E-state index in [1.807, 2.05) is 0 Å². The van der Waals surface area contributed by atoms with Crippen molar-refractivity contribution < 1.29 is 9.53 Å². The van der Waals surface area contributed by atoms with Gasteiger partial charge in [0.1, 0.15) is 0 Å². The fourth-order valence-corrected chi connectivity index (χ4v) is 2.79. The second-order valence-electron chi connectivity index (χ2n) is 5.75. The summed E-state index contributed by atoms with van der Waals surface area (Å²) in [6.07, 6.45) is 3.92. The predicted octanol–water partition coefficient (Wildman–Crippen LogP) is 2.88. The van der Waals surface area contributed by atoms with E-state index in [1.165, 1.54) is 0 Å². The van der Waals surface area contributed by atoms with Gasteiger partial charge in [0, 0.05) is 19.5 Å². The Balaban J connectivity index is 2.63. The molecule has 3 nitrogen and oxygen atoms in total. The Morgan fingerprint density at radius 2 is 1.94 bits per heavy atom. The second kappa shape index (κ2) is 7.25. The van der Waals surface area contributed by atoms with Gasteiger partial charge in [-0.05, 0) is 19.3 Å². The Labute approximate surface area is 112 Å². The SMILES string of the molecule is CCCC(C)CC(=O)C(C)(CC)N1CCOCC1. The summed E-state index contributed by atoms with van der Waals surface area (Å²) < 4.78 is 5.39. The van der Waals surface area contributed by atoms with Crippen LogP contribution in [-0.2, 0) is 9.53 Å². The summed E-state index contributed by atoms with van der Waals surface area (Å²) in [4.78, 5) is 14.9. The van der Waals surface area contributed by atoms with Crippen LogP contribution in [-0.4, -0.2) is 42.5 Å². The number of hydrogen-bond acceptors (Lipinski definition) is 3. The first-order valence-corrected chi connectivity index (χ1v) is 7.40. The highest BCUT2D eigenvalue weighted by Crippen LogP contribution is 2.26. The van der Waals surface area contributed by atoms with Gasteiger partial charge in [-0.25, -0.2) is 0 Å². The molecule has 0 N–H and O–H groups in total. The first-order valence-electron chi connectivity index (χ1n) is 7.40. The summed E-state index contributed by atoms with van der Waals surface area (Å²) in [5.74, 6) is 0.919. The van der Waals surface area contributed by atoms with Crippen LogP contribution in [0.2, 0.25) is 0 Å². The third kappa shape index (κ3) is 3.79. The summed E-state index contributed by atoms with van der Waals surface area (Å²) >= 11 is 0. The molecule has 0 aromatic carbocycles. The summed E-state index contributed by atoms with van der Waals surface area (Å²) in [6, 6.07) is 0. The van der Waals surface area contributed by atoms with Gasteiger partial charge in [0.2, 0.25) is 0 Å². The number of Topliss-reactive ketones (excluding diaryl/α,β-unsaturated/α-hetero) is 1. The molecule has 1 saturated heterocycles. The van der Waals surface area contributed by atoms with E-state index in [4.69, 9.17) is 4.74 Å². The Morgan fingerprint density at radius 3 is 2.44 bits per heavy atom. The van der Waals surface area contributed by atoms with Crippen molar-refractivity contribution >= 4 is 5.78 Å². The summed E-state index contributed by atoms with van der Waals surface area (Å²) in [5, 5.41) is 0. The highest BCUT2D eigenvalue weighted by Gasteiger charge is 2.38. The van der Waals surface area contributed by atoms with Gasteiger partial charge >= 0.3 is 0 Å². The van der Waals surface area contributed by atoms with Crippen LogP contribution in [0, 0.1) is 5.92 Å². The molecule has 0 aromatic heterocycles. The van der Waals surface area contributed by atoms with Gasteiger partial charge in [-0.15, -0.1) is 0 Å². The number of rotatable bonds is 7. The van der Waals surface area contributed by atoms with Crippen molar-refractivity contribution in [2.75, 3.05) is 26.3 Å². The largest absolute Gasteiger partial charge is 0.379 e. The van der Waals surface area contributed by atoms with Crippen molar-refractivity contribution in [3.63, 3.8) is 0 Å². The normalized spacial score (nSPS) is 22.4. The van der Waals surface area contributed by atoms with Crippen LogP contribution >= 0.6 is 0 Å². The van der Waals surface area contributed by atoms with Crippen molar-refractivity contribution in [1.29, 1.82) is 0 Å². The lowest BCUT2D eigenvalue weighted by Crippen LogP contribution is -2.56. The maximum absolute atomic E-state index is 12.6. The zero-order chi connectivity index (χ0) is 13.6. The lowest BCUT2D eigenvalue weighted by Gasteiger charge is -2.42. The molecule has 0 bridgehead atoms. The highest BCUT2D eigenvalue weighted by molar-refractivity contribution is 5.88. The van der Waals surface area contributed by atoms with Crippen LogP contribution in [0.15, 0.2) is 0 Å². The van der Waals surface area contributed by atoms with E-state index in [0.29, 0.717) is 11.7 Å².